The zero-order valence-corrected chi connectivity index (χ0v) is 41.5. The zero-order chi connectivity index (χ0) is 42.6. The first-order valence-electron chi connectivity index (χ1n) is 21.2. The van der Waals surface area contributed by atoms with Crippen molar-refractivity contribution in [3.63, 3.8) is 0 Å². The van der Waals surface area contributed by atoms with E-state index in [1.165, 1.54) is 37.8 Å². The van der Waals surface area contributed by atoms with Crippen LogP contribution < -0.4 is 9.47 Å². The van der Waals surface area contributed by atoms with Gasteiger partial charge in [-0.1, -0.05) is 107 Å². The molecular weight excluding hydrogens is 837 g/mol. The molecule has 10 nitrogen and oxygen atoms in total. The van der Waals surface area contributed by atoms with Crippen molar-refractivity contribution in [3.05, 3.63) is 59.7 Å². The Hall–Kier alpha value is -2.31. The Morgan fingerprint density at radius 2 is 0.754 bits per heavy atom. The third-order valence-corrected chi connectivity index (χ3v) is 25.0. The molecule has 61 heavy (non-hydrogen) atoms. The standard InChI is InChI=1S/C43H76O10Si4.4CH4/c1-13-15-33-54(5,6)52-56(9,10)35-17-27-46-29-31-48-41(44)50-39-23-19-37(20-24-39)43(3,4)38-21-25-40(26-22-38)51-42(45)49-32-30-47-28-18-36-57(11,12)53-55(7,8)34-16-14-2;;;;/h19-26H,13-18,27-36H2,1-12H3;4*1H4. The number of carbonyl (C=O) groups is 2. The van der Waals surface area contributed by atoms with E-state index in [-0.39, 0.29) is 48.3 Å². The molecule has 0 bridgehead atoms. The van der Waals surface area contributed by atoms with Gasteiger partial charge in [-0.15, -0.1) is 0 Å². The molecule has 2 rings (SSSR count). The first kappa shape index (κ1) is 63.0. The Balaban J connectivity index is -0.00000841. The smallest absolute Gasteiger partial charge is 0.455 e. The topological polar surface area (TPSA) is 108 Å². The molecule has 0 N–H and O–H groups in total. The predicted octanol–water partition coefficient (Wildman–Crippen LogP) is 14.9. The van der Waals surface area contributed by atoms with E-state index < -0.39 is 45.6 Å². The Bertz CT molecular complexity index is 1340. The predicted molar refractivity (Wildman–Crippen MR) is 268 cm³/mol. The summed E-state index contributed by atoms with van der Waals surface area (Å²) in [6.07, 6.45) is 5.23. The molecule has 0 heterocycles. The molecule has 0 aromatic heterocycles. The zero-order valence-electron chi connectivity index (χ0n) is 37.5. The van der Waals surface area contributed by atoms with E-state index >= 15 is 0 Å². The highest BCUT2D eigenvalue weighted by atomic mass is 28.4. The average Bonchev–Trinajstić information content (AvgIpc) is 3.12. The minimum Gasteiger partial charge on any atom is -0.455 e. The van der Waals surface area contributed by atoms with Crippen LogP contribution in [0.4, 0.5) is 9.59 Å². The van der Waals surface area contributed by atoms with E-state index in [1.54, 1.807) is 24.3 Å². The Morgan fingerprint density at radius 3 is 1.05 bits per heavy atom. The van der Waals surface area contributed by atoms with E-state index in [1.807, 2.05) is 24.3 Å². The van der Waals surface area contributed by atoms with Gasteiger partial charge < -0.3 is 36.7 Å². The van der Waals surface area contributed by atoms with Crippen molar-refractivity contribution in [2.75, 3.05) is 39.6 Å². The minimum atomic E-state index is -1.73. The monoisotopic (exact) mass is 929 g/mol. The van der Waals surface area contributed by atoms with Crippen LogP contribution >= 0.6 is 0 Å². The third kappa shape index (κ3) is 26.8. The van der Waals surface area contributed by atoms with E-state index in [0.717, 1.165) is 36.1 Å². The fourth-order valence-corrected chi connectivity index (χ4v) is 25.0. The van der Waals surface area contributed by atoms with E-state index in [2.05, 4.69) is 80.1 Å². The number of benzene rings is 2. The molecule has 0 saturated carbocycles. The van der Waals surface area contributed by atoms with Gasteiger partial charge >= 0.3 is 12.3 Å². The number of hydrogen-bond donors (Lipinski definition) is 0. The van der Waals surface area contributed by atoms with Crippen molar-refractivity contribution in [2.45, 2.75) is 178 Å². The van der Waals surface area contributed by atoms with Crippen LogP contribution in [0.2, 0.25) is 76.6 Å². The highest BCUT2D eigenvalue weighted by Crippen LogP contribution is 2.34. The van der Waals surface area contributed by atoms with Crippen LogP contribution in [-0.2, 0) is 32.6 Å². The van der Waals surface area contributed by atoms with Gasteiger partial charge in [-0.2, -0.15) is 0 Å². The van der Waals surface area contributed by atoms with Crippen molar-refractivity contribution in [3.8, 4) is 11.5 Å². The molecule has 0 amide bonds. The lowest BCUT2D eigenvalue weighted by Gasteiger charge is -2.34. The van der Waals surface area contributed by atoms with Crippen LogP contribution in [0, 0.1) is 0 Å². The maximum absolute atomic E-state index is 12.3. The van der Waals surface area contributed by atoms with Crippen LogP contribution in [0.25, 0.3) is 0 Å². The molecular formula is C47H92O10Si4. The molecule has 2 aromatic rings. The van der Waals surface area contributed by atoms with Gasteiger partial charge in [0.15, 0.2) is 33.3 Å². The van der Waals surface area contributed by atoms with E-state index in [4.69, 9.17) is 36.7 Å². The lowest BCUT2D eigenvalue weighted by atomic mass is 9.78. The van der Waals surface area contributed by atoms with Crippen LogP contribution in [0.5, 0.6) is 11.5 Å². The molecule has 0 aliphatic rings. The molecule has 2 aromatic carbocycles. The van der Waals surface area contributed by atoms with Crippen LogP contribution in [0.15, 0.2) is 48.5 Å². The summed E-state index contributed by atoms with van der Waals surface area (Å²) in [6, 6.07) is 19.2. The van der Waals surface area contributed by atoms with E-state index in [9.17, 15) is 9.59 Å². The Kier molecular flexibility index (Phi) is 31.7. The van der Waals surface area contributed by atoms with Crippen molar-refractivity contribution in [1.82, 2.24) is 0 Å². The molecule has 0 spiro atoms. The summed E-state index contributed by atoms with van der Waals surface area (Å²) in [6.45, 7) is 29.3. The molecule has 356 valence electrons. The second-order valence-electron chi connectivity index (χ2n) is 18.0. The SMILES string of the molecule is C.C.C.C.CCCC[Si](C)(C)O[Si](C)(C)CCCOCCOC(=O)Oc1ccc(C(C)(C)c2ccc(OC(=O)OCCOCCC[Si](C)(C)O[Si](C)(C)CCCC)cc2)cc1. The average molecular weight is 930 g/mol. The molecule has 0 aliphatic carbocycles. The molecule has 0 saturated heterocycles. The fourth-order valence-electron chi connectivity index (χ4n) is 6.97. The Morgan fingerprint density at radius 1 is 0.459 bits per heavy atom. The van der Waals surface area contributed by atoms with Crippen LogP contribution in [-0.4, -0.2) is 85.2 Å². The largest absolute Gasteiger partial charge is 0.513 e. The number of ether oxygens (including phenoxy) is 6. The van der Waals surface area contributed by atoms with Gasteiger partial charge in [-0.3, -0.25) is 0 Å². The second-order valence-corrected chi connectivity index (χ2v) is 35.7. The number of rotatable bonds is 28. The molecule has 0 atom stereocenters. The molecule has 0 unspecified atom stereocenters. The highest BCUT2D eigenvalue weighted by Gasteiger charge is 2.33. The molecule has 14 heteroatoms. The third-order valence-electron chi connectivity index (χ3n) is 9.95. The molecule has 0 aliphatic heterocycles. The summed E-state index contributed by atoms with van der Waals surface area (Å²) in [7, 11) is -6.67. The van der Waals surface area contributed by atoms with Crippen molar-refractivity contribution in [2.24, 2.45) is 0 Å². The maximum Gasteiger partial charge on any atom is 0.513 e. The summed E-state index contributed by atoms with van der Waals surface area (Å²) >= 11 is 0. The lowest BCUT2D eigenvalue weighted by Crippen LogP contribution is -2.44. The first-order chi connectivity index (χ1) is 26.7. The number of unbranched alkanes of at least 4 members (excludes halogenated alkanes) is 2. The Labute approximate surface area is 379 Å². The first-order valence-corrected chi connectivity index (χ1v) is 33.6. The summed E-state index contributed by atoms with van der Waals surface area (Å²) < 4.78 is 45.9. The van der Waals surface area contributed by atoms with Gasteiger partial charge in [-0.25, -0.2) is 9.59 Å². The lowest BCUT2D eigenvalue weighted by molar-refractivity contribution is 0.0518. The second kappa shape index (κ2) is 30.7. The van der Waals surface area contributed by atoms with Gasteiger partial charge in [0, 0.05) is 18.6 Å². The van der Waals surface area contributed by atoms with Gasteiger partial charge in [-0.05, 0) is 125 Å². The van der Waals surface area contributed by atoms with Crippen molar-refractivity contribution >= 4 is 45.6 Å². The number of hydrogen-bond acceptors (Lipinski definition) is 10. The maximum atomic E-state index is 12.3. The van der Waals surface area contributed by atoms with Gasteiger partial charge in [0.25, 0.3) is 0 Å². The van der Waals surface area contributed by atoms with Crippen LogP contribution in [0.3, 0.4) is 0 Å². The minimum absolute atomic E-state index is 0. The summed E-state index contributed by atoms with van der Waals surface area (Å²) in [4.78, 5) is 24.6. The quantitative estimate of drug-likeness (QED) is 0.0354. The highest BCUT2D eigenvalue weighted by molar-refractivity contribution is 6.85. The van der Waals surface area contributed by atoms with Crippen molar-refractivity contribution in [1.29, 1.82) is 0 Å². The summed E-state index contributed by atoms with van der Waals surface area (Å²) in [5.41, 5.74) is 1.66. The van der Waals surface area contributed by atoms with E-state index in [0.29, 0.717) is 37.9 Å². The van der Waals surface area contributed by atoms with Crippen LogP contribution in [0.1, 0.15) is 107 Å². The summed E-state index contributed by atoms with van der Waals surface area (Å²) in [5, 5.41) is 0. The van der Waals surface area contributed by atoms with Gasteiger partial charge in [0.1, 0.15) is 24.7 Å². The molecule has 0 fully saturated rings. The normalized spacial score (nSPS) is 11.9. The van der Waals surface area contributed by atoms with Gasteiger partial charge in [0.2, 0.25) is 0 Å². The fraction of sp³-hybridized carbons (Fsp3) is 0.702. The van der Waals surface area contributed by atoms with Gasteiger partial charge in [0.05, 0.1) is 13.2 Å². The van der Waals surface area contributed by atoms with Crippen molar-refractivity contribution < 1.29 is 46.2 Å². The molecule has 0 radical (unpaired) electrons. The number of carbonyl (C=O) groups excluding carboxylic acids is 2. The summed E-state index contributed by atoms with van der Waals surface area (Å²) in [5.74, 6) is 0.786.